The minimum atomic E-state index is -0.435. The van der Waals surface area contributed by atoms with Gasteiger partial charge in [0.15, 0.2) is 0 Å². The molecule has 0 aliphatic rings. The molecule has 0 bridgehead atoms. The number of ether oxygens (including phenoxy) is 1. The summed E-state index contributed by atoms with van der Waals surface area (Å²) in [5.74, 6) is -0.435. The van der Waals surface area contributed by atoms with Crippen LogP contribution in [0.4, 0.5) is 0 Å². The summed E-state index contributed by atoms with van der Waals surface area (Å²) < 4.78 is 5.00. The molecule has 0 rings (SSSR count). The van der Waals surface area contributed by atoms with Crippen LogP contribution in [0.2, 0.25) is 0 Å². The lowest BCUT2D eigenvalue weighted by molar-refractivity contribution is -0.115. The second-order valence-electron chi connectivity index (χ2n) is 1.99. The van der Waals surface area contributed by atoms with Crippen LogP contribution in [0.5, 0.6) is 0 Å². The zero-order chi connectivity index (χ0) is 7.28. The maximum absolute atomic E-state index is 10.1. The van der Waals surface area contributed by atoms with Gasteiger partial charge in [0, 0.05) is 0 Å². The molecule has 0 spiro atoms. The smallest absolute Gasteiger partial charge is 0.223 e. The van der Waals surface area contributed by atoms with Crippen molar-refractivity contribution < 1.29 is 9.53 Å². The van der Waals surface area contributed by atoms with E-state index >= 15 is 0 Å². The van der Waals surface area contributed by atoms with E-state index in [1.165, 1.54) is 6.42 Å². The number of carbonyl (C=O) groups excluding carboxylic acids is 1. The maximum atomic E-state index is 10.1. The van der Waals surface area contributed by atoms with Gasteiger partial charge in [0.05, 0.1) is 19.1 Å². The predicted octanol–water partition coefficient (Wildman–Crippen LogP) is 0.101. The van der Waals surface area contributed by atoms with Gasteiger partial charge >= 0.3 is 0 Å². The lowest BCUT2D eigenvalue weighted by Crippen LogP contribution is -2.16. The van der Waals surface area contributed by atoms with Crippen LogP contribution in [-0.4, -0.2) is 18.6 Å². The van der Waals surface area contributed by atoms with Crippen LogP contribution >= 0.6 is 0 Å². The summed E-state index contributed by atoms with van der Waals surface area (Å²) in [6.07, 6.45) is 1.46. The Kier molecular flexibility index (Phi) is 4.05. The molecule has 0 aliphatic heterocycles. The van der Waals surface area contributed by atoms with Gasteiger partial charge < -0.3 is 10.5 Å². The lowest BCUT2D eigenvalue weighted by Gasteiger charge is -2.03. The monoisotopic (exact) mass is 130 g/mol. The first-order valence-electron chi connectivity index (χ1n) is 2.87. The number of carbonyl (C=O) groups is 1. The first kappa shape index (κ1) is 8.43. The molecule has 0 unspecified atom stereocenters. The zero-order valence-corrected chi connectivity index (χ0v) is 5.76. The molecule has 53 valence electrons. The maximum Gasteiger partial charge on any atom is 0.223 e. The van der Waals surface area contributed by atoms with Gasteiger partial charge in [0.2, 0.25) is 5.91 Å². The molecule has 0 atom stereocenters. The molecular weight excluding hydrogens is 118 g/mol. The van der Waals surface area contributed by atoms with E-state index in [0.29, 0.717) is 6.61 Å². The molecular formula is C6H12NO2. The third-order valence-electron chi connectivity index (χ3n) is 0.714. The van der Waals surface area contributed by atoms with Crippen LogP contribution in [0.3, 0.4) is 0 Å². The number of nitrogens with two attached hydrogens (primary N) is 1. The summed E-state index contributed by atoms with van der Waals surface area (Å²) >= 11 is 0. The van der Waals surface area contributed by atoms with Crippen LogP contribution in [0.1, 0.15) is 13.8 Å². The van der Waals surface area contributed by atoms with E-state index in [1.807, 2.05) is 13.8 Å². The fourth-order valence-corrected chi connectivity index (χ4v) is 0.323. The molecule has 0 saturated carbocycles. The molecule has 9 heavy (non-hydrogen) atoms. The quantitative estimate of drug-likeness (QED) is 0.586. The van der Waals surface area contributed by atoms with Gasteiger partial charge in [-0.05, 0) is 13.8 Å². The highest BCUT2D eigenvalue weighted by Crippen LogP contribution is 1.87. The fraction of sp³-hybridized carbons (Fsp3) is 0.667. The topological polar surface area (TPSA) is 52.3 Å². The van der Waals surface area contributed by atoms with Crippen molar-refractivity contribution >= 4 is 5.91 Å². The van der Waals surface area contributed by atoms with Crippen molar-refractivity contribution in [1.29, 1.82) is 0 Å². The van der Waals surface area contributed by atoms with Gasteiger partial charge in [-0.2, -0.15) is 0 Å². The van der Waals surface area contributed by atoms with E-state index in [9.17, 15) is 4.79 Å². The number of hydrogen-bond acceptors (Lipinski definition) is 2. The molecule has 3 heteroatoms. The molecule has 0 aliphatic carbocycles. The average Bonchev–Trinajstić information content (AvgIpc) is 1.63. The summed E-state index contributed by atoms with van der Waals surface area (Å²) in [6, 6.07) is 0. The SMILES string of the molecule is CC(C)OC[CH]C(N)=O. The van der Waals surface area contributed by atoms with E-state index in [2.05, 4.69) is 0 Å². The van der Waals surface area contributed by atoms with Gasteiger partial charge in [-0.15, -0.1) is 0 Å². The Balaban J connectivity index is 3.01. The minimum Gasteiger partial charge on any atom is -0.378 e. The van der Waals surface area contributed by atoms with E-state index < -0.39 is 5.91 Å². The zero-order valence-electron chi connectivity index (χ0n) is 5.76. The first-order chi connectivity index (χ1) is 4.13. The van der Waals surface area contributed by atoms with Crippen molar-refractivity contribution in [3.63, 3.8) is 0 Å². The summed E-state index contributed by atoms with van der Waals surface area (Å²) in [6.45, 7) is 4.11. The van der Waals surface area contributed by atoms with Crippen LogP contribution < -0.4 is 5.73 Å². The number of amides is 1. The van der Waals surface area contributed by atoms with E-state index in [4.69, 9.17) is 10.5 Å². The minimum absolute atomic E-state index is 0.153. The molecule has 1 amide bonds. The van der Waals surface area contributed by atoms with Gasteiger partial charge in [0.25, 0.3) is 0 Å². The molecule has 0 aromatic heterocycles. The van der Waals surface area contributed by atoms with E-state index in [1.54, 1.807) is 0 Å². The van der Waals surface area contributed by atoms with Crippen LogP contribution in [0, 0.1) is 6.42 Å². The molecule has 0 aromatic carbocycles. The number of hydrogen-bond donors (Lipinski definition) is 1. The Morgan fingerprint density at radius 1 is 1.78 bits per heavy atom. The number of primary amides is 1. The highest BCUT2D eigenvalue weighted by atomic mass is 16.5. The van der Waals surface area contributed by atoms with Crippen LogP contribution in [0.25, 0.3) is 0 Å². The second kappa shape index (κ2) is 4.32. The first-order valence-corrected chi connectivity index (χ1v) is 2.87. The highest BCUT2D eigenvalue weighted by Gasteiger charge is 1.95. The third kappa shape index (κ3) is 7.43. The van der Waals surface area contributed by atoms with E-state index in [-0.39, 0.29) is 6.10 Å². The van der Waals surface area contributed by atoms with Gasteiger partial charge in [-0.1, -0.05) is 0 Å². The molecule has 1 radical (unpaired) electrons. The number of rotatable bonds is 4. The molecule has 3 nitrogen and oxygen atoms in total. The predicted molar refractivity (Wildman–Crippen MR) is 34.6 cm³/mol. The van der Waals surface area contributed by atoms with Crippen molar-refractivity contribution in [2.45, 2.75) is 20.0 Å². The van der Waals surface area contributed by atoms with Gasteiger partial charge in [-0.25, -0.2) is 0 Å². The standard InChI is InChI=1S/C6H12NO2/c1-5(2)9-4-3-6(7)8/h3,5H,4H2,1-2H3,(H2,7,8). The van der Waals surface area contributed by atoms with E-state index in [0.717, 1.165) is 0 Å². The van der Waals surface area contributed by atoms with Crippen LogP contribution in [0.15, 0.2) is 0 Å². The van der Waals surface area contributed by atoms with Gasteiger partial charge in [0.1, 0.15) is 0 Å². The Morgan fingerprint density at radius 3 is 2.67 bits per heavy atom. The summed E-state index contributed by atoms with van der Waals surface area (Å²) in [7, 11) is 0. The average molecular weight is 130 g/mol. The van der Waals surface area contributed by atoms with Crippen molar-refractivity contribution in [3.8, 4) is 0 Å². The van der Waals surface area contributed by atoms with Crippen molar-refractivity contribution in [1.82, 2.24) is 0 Å². The molecule has 0 fully saturated rings. The lowest BCUT2D eigenvalue weighted by atomic mass is 10.4. The summed E-state index contributed by atoms with van der Waals surface area (Å²) in [5, 5.41) is 0. The normalized spacial score (nSPS) is 10.1. The fourth-order valence-electron chi connectivity index (χ4n) is 0.323. The van der Waals surface area contributed by atoms with Crippen LogP contribution in [-0.2, 0) is 9.53 Å². The Hall–Kier alpha value is -0.570. The molecule has 0 saturated heterocycles. The van der Waals surface area contributed by atoms with Crippen molar-refractivity contribution in [2.75, 3.05) is 6.61 Å². The Labute approximate surface area is 55.2 Å². The third-order valence-corrected chi connectivity index (χ3v) is 0.714. The van der Waals surface area contributed by atoms with Gasteiger partial charge in [-0.3, -0.25) is 4.79 Å². The summed E-state index contributed by atoms with van der Waals surface area (Å²) in [4.78, 5) is 10.1. The Bertz CT molecular complexity index is 91.1. The molecule has 0 heterocycles. The largest absolute Gasteiger partial charge is 0.378 e. The highest BCUT2D eigenvalue weighted by molar-refractivity contribution is 5.82. The van der Waals surface area contributed by atoms with Crippen molar-refractivity contribution in [2.24, 2.45) is 5.73 Å². The van der Waals surface area contributed by atoms with Crippen molar-refractivity contribution in [3.05, 3.63) is 6.42 Å². The Morgan fingerprint density at radius 2 is 2.33 bits per heavy atom. The second-order valence-corrected chi connectivity index (χ2v) is 1.99. The summed E-state index contributed by atoms with van der Waals surface area (Å²) in [5.41, 5.74) is 4.80. The molecule has 2 N–H and O–H groups in total. The molecule has 0 aromatic rings.